The van der Waals surface area contributed by atoms with Crippen molar-refractivity contribution in [2.24, 2.45) is 0 Å². The Balaban J connectivity index is 2.14. The minimum absolute atomic E-state index is 0.0336. The smallest absolute Gasteiger partial charge is 0.263 e. The van der Waals surface area contributed by atoms with Crippen LogP contribution in [0.15, 0.2) is 36.9 Å². The molecule has 1 aliphatic heterocycles. The normalized spacial score (nSPS) is 19.9. The summed E-state index contributed by atoms with van der Waals surface area (Å²) in [5, 5.41) is 9.09. The summed E-state index contributed by atoms with van der Waals surface area (Å²) < 4.78 is 29.0. The predicted octanol–water partition coefficient (Wildman–Crippen LogP) is 1.53. The lowest BCUT2D eigenvalue weighted by molar-refractivity contribution is -0.139. The van der Waals surface area contributed by atoms with Crippen LogP contribution in [0.25, 0.3) is 0 Å². The molecule has 1 saturated heterocycles. The highest BCUT2D eigenvalue weighted by Gasteiger charge is 2.36. The third-order valence-electron chi connectivity index (χ3n) is 3.92. The van der Waals surface area contributed by atoms with Gasteiger partial charge in [0.15, 0.2) is 15.9 Å². The molecule has 6 nitrogen and oxygen atoms in total. The molecule has 0 radical (unpaired) electrons. The number of amides is 1. The van der Waals surface area contributed by atoms with Crippen LogP contribution in [-0.2, 0) is 14.6 Å². The fraction of sp³-hybridized carbons (Fsp3) is 0.412. The fourth-order valence-corrected chi connectivity index (χ4v) is 4.45. The SMILES string of the molecule is C=CCN(C(=O)[C@@H](C)Oc1ccccc1C#N)[C@@H]1CCS(=O)(=O)C1. The van der Waals surface area contributed by atoms with Crippen molar-refractivity contribution in [2.75, 3.05) is 18.1 Å². The molecule has 1 heterocycles. The van der Waals surface area contributed by atoms with Gasteiger partial charge in [0, 0.05) is 12.6 Å². The van der Waals surface area contributed by atoms with Crippen molar-refractivity contribution in [1.29, 1.82) is 5.26 Å². The van der Waals surface area contributed by atoms with E-state index >= 15 is 0 Å². The molecular weight excluding hydrogens is 328 g/mol. The number of sulfone groups is 1. The van der Waals surface area contributed by atoms with Crippen LogP contribution in [0, 0.1) is 11.3 Å². The van der Waals surface area contributed by atoms with Gasteiger partial charge in [0.25, 0.3) is 5.91 Å². The maximum Gasteiger partial charge on any atom is 0.263 e. The predicted molar refractivity (Wildman–Crippen MR) is 90.2 cm³/mol. The van der Waals surface area contributed by atoms with Crippen molar-refractivity contribution in [1.82, 2.24) is 4.90 Å². The number of ether oxygens (including phenoxy) is 1. The number of nitriles is 1. The van der Waals surface area contributed by atoms with Crippen LogP contribution in [0.2, 0.25) is 0 Å². The Hall–Kier alpha value is -2.33. The van der Waals surface area contributed by atoms with Crippen molar-refractivity contribution in [3.05, 3.63) is 42.5 Å². The number of carbonyl (C=O) groups is 1. The van der Waals surface area contributed by atoms with Crippen molar-refractivity contribution in [2.45, 2.75) is 25.5 Å². The number of nitrogens with zero attached hydrogens (tertiary/aromatic N) is 2. The van der Waals surface area contributed by atoms with Crippen molar-refractivity contribution >= 4 is 15.7 Å². The van der Waals surface area contributed by atoms with Gasteiger partial charge in [-0.3, -0.25) is 4.79 Å². The first-order valence-electron chi connectivity index (χ1n) is 7.65. The first kappa shape index (κ1) is 18.0. The largest absolute Gasteiger partial charge is 0.480 e. The number of carbonyl (C=O) groups excluding carboxylic acids is 1. The Labute approximate surface area is 142 Å². The topological polar surface area (TPSA) is 87.5 Å². The number of hydrogen-bond acceptors (Lipinski definition) is 5. The lowest BCUT2D eigenvalue weighted by Gasteiger charge is -2.29. The number of hydrogen-bond donors (Lipinski definition) is 0. The minimum atomic E-state index is -3.10. The van der Waals surface area contributed by atoms with Gasteiger partial charge >= 0.3 is 0 Å². The Morgan fingerprint density at radius 1 is 1.54 bits per heavy atom. The van der Waals surface area contributed by atoms with E-state index in [1.165, 1.54) is 4.90 Å². The van der Waals surface area contributed by atoms with Gasteiger partial charge in [-0.05, 0) is 25.5 Å². The summed E-state index contributed by atoms with van der Waals surface area (Å²) in [6.45, 7) is 5.48. The zero-order valence-electron chi connectivity index (χ0n) is 13.5. The van der Waals surface area contributed by atoms with Crippen LogP contribution in [0.4, 0.5) is 0 Å². The molecule has 2 rings (SSSR count). The second-order valence-electron chi connectivity index (χ2n) is 5.70. The average molecular weight is 348 g/mol. The van der Waals surface area contributed by atoms with E-state index in [9.17, 15) is 13.2 Å². The molecule has 1 fully saturated rings. The average Bonchev–Trinajstić information content (AvgIpc) is 2.92. The monoisotopic (exact) mass is 348 g/mol. The van der Waals surface area contributed by atoms with Crippen molar-refractivity contribution in [3.63, 3.8) is 0 Å². The molecule has 24 heavy (non-hydrogen) atoms. The molecule has 0 aromatic heterocycles. The molecule has 7 heteroatoms. The molecule has 0 saturated carbocycles. The van der Waals surface area contributed by atoms with Crippen molar-refractivity contribution < 1.29 is 17.9 Å². The molecule has 0 unspecified atom stereocenters. The van der Waals surface area contributed by atoms with Gasteiger partial charge in [-0.2, -0.15) is 5.26 Å². The van der Waals surface area contributed by atoms with E-state index in [0.29, 0.717) is 17.7 Å². The fourth-order valence-electron chi connectivity index (χ4n) is 2.72. The molecule has 1 aromatic rings. The summed E-state index contributed by atoms with van der Waals surface area (Å²) in [6.07, 6.45) is 1.16. The minimum Gasteiger partial charge on any atom is -0.480 e. The molecule has 0 spiro atoms. The quantitative estimate of drug-likeness (QED) is 0.728. The van der Waals surface area contributed by atoms with Gasteiger partial charge in [0.1, 0.15) is 11.8 Å². The van der Waals surface area contributed by atoms with Crippen LogP contribution < -0.4 is 4.74 Å². The summed E-state index contributed by atoms with van der Waals surface area (Å²) in [6, 6.07) is 8.32. The van der Waals surface area contributed by atoms with Gasteiger partial charge in [-0.25, -0.2) is 8.42 Å². The summed E-state index contributed by atoms with van der Waals surface area (Å²) in [5.74, 6) is 0.0716. The maximum absolute atomic E-state index is 12.7. The first-order chi connectivity index (χ1) is 11.4. The second kappa shape index (κ2) is 7.49. The summed E-state index contributed by atoms with van der Waals surface area (Å²) >= 11 is 0. The van der Waals surface area contributed by atoms with Gasteiger partial charge in [0.2, 0.25) is 0 Å². The zero-order valence-corrected chi connectivity index (χ0v) is 14.3. The molecule has 0 aliphatic carbocycles. The van der Waals surface area contributed by atoms with E-state index in [4.69, 9.17) is 10.00 Å². The third kappa shape index (κ3) is 4.15. The van der Waals surface area contributed by atoms with Gasteiger partial charge in [-0.15, -0.1) is 6.58 Å². The van der Waals surface area contributed by atoms with Crippen LogP contribution in [0.3, 0.4) is 0 Å². The highest BCUT2D eigenvalue weighted by Crippen LogP contribution is 2.22. The number of para-hydroxylation sites is 1. The van der Waals surface area contributed by atoms with E-state index in [1.807, 2.05) is 6.07 Å². The first-order valence-corrected chi connectivity index (χ1v) is 9.47. The third-order valence-corrected chi connectivity index (χ3v) is 5.67. The number of benzene rings is 1. The van der Waals surface area contributed by atoms with Crippen LogP contribution in [-0.4, -0.2) is 49.4 Å². The lowest BCUT2D eigenvalue weighted by Crippen LogP contribution is -2.47. The molecule has 1 aliphatic rings. The van der Waals surface area contributed by atoms with Crippen LogP contribution in [0.1, 0.15) is 18.9 Å². The molecule has 1 amide bonds. The van der Waals surface area contributed by atoms with E-state index in [0.717, 1.165) is 0 Å². The molecule has 128 valence electrons. The van der Waals surface area contributed by atoms with E-state index < -0.39 is 15.9 Å². The lowest BCUT2D eigenvalue weighted by atomic mass is 10.2. The maximum atomic E-state index is 12.7. The molecule has 2 atom stereocenters. The number of rotatable bonds is 6. The molecular formula is C17H20N2O4S. The van der Waals surface area contributed by atoms with Gasteiger partial charge in [0.05, 0.1) is 17.1 Å². The molecule has 0 bridgehead atoms. The van der Waals surface area contributed by atoms with Gasteiger partial charge < -0.3 is 9.64 Å². The Bertz CT molecular complexity index is 767. The van der Waals surface area contributed by atoms with E-state index in [2.05, 4.69) is 6.58 Å². The van der Waals surface area contributed by atoms with Crippen LogP contribution >= 0.6 is 0 Å². The van der Waals surface area contributed by atoms with Gasteiger partial charge in [-0.1, -0.05) is 18.2 Å². The van der Waals surface area contributed by atoms with E-state index in [1.54, 1.807) is 37.3 Å². The van der Waals surface area contributed by atoms with Crippen molar-refractivity contribution in [3.8, 4) is 11.8 Å². The second-order valence-corrected chi connectivity index (χ2v) is 7.93. The highest BCUT2D eigenvalue weighted by molar-refractivity contribution is 7.91. The summed E-state index contributed by atoms with van der Waals surface area (Å²) in [4.78, 5) is 14.2. The van der Waals surface area contributed by atoms with E-state index in [-0.39, 0.29) is 30.0 Å². The Kier molecular flexibility index (Phi) is 5.62. The Morgan fingerprint density at radius 2 is 2.25 bits per heavy atom. The molecule has 1 aromatic carbocycles. The summed E-state index contributed by atoms with van der Waals surface area (Å²) in [5.41, 5.74) is 0.343. The highest BCUT2D eigenvalue weighted by atomic mass is 32.2. The Morgan fingerprint density at radius 3 is 2.83 bits per heavy atom. The molecule has 0 N–H and O–H groups in total. The zero-order chi connectivity index (χ0) is 17.7. The summed E-state index contributed by atoms with van der Waals surface area (Å²) in [7, 11) is -3.10. The standard InChI is InChI=1S/C17H20N2O4S/c1-3-9-19(15-8-10-24(21,22)12-15)17(20)13(2)23-16-7-5-4-6-14(16)11-18/h3-7,13,15H,1,8-10,12H2,2H3/t13-,15-/m1/s1. The van der Waals surface area contributed by atoms with Crippen LogP contribution in [0.5, 0.6) is 5.75 Å².